The van der Waals surface area contributed by atoms with Gasteiger partial charge in [-0.15, -0.1) is 0 Å². The summed E-state index contributed by atoms with van der Waals surface area (Å²) >= 11 is 0. The predicted molar refractivity (Wildman–Crippen MR) is 177 cm³/mol. The largest absolute Gasteiger partial charge is 0.504 e. The van der Waals surface area contributed by atoms with E-state index in [2.05, 4.69) is 30.7 Å². The van der Waals surface area contributed by atoms with Crippen LogP contribution in [0, 0.1) is 23.7 Å². The molecule has 1 saturated carbocycles. The fourth-order valence-corrected chi connectivity index (χ4v) is 6.61. The molecule has 0 spiro atoms. The SMILES string of the molecule is CCC/C(=C/C(=O)CCc1cc(OC2CCCC2)c(O)c2c1C#CC[C@@H](N=C(N)N)CC[C@H](COC)[C@H]2CCC(C)C)CO. The summed E-state index contributed by atoms with van der Waals surface area (Å²) in [4.78, 5) is 17.5. The third-order valence-corrected chi connectivity index (χ3v) is 8.89. The highest BCUT2D eigenvalue weighted by atomic mass is 16.5. The number of aliphatic hydroxyl groups excluding tert-OH is 1. The van der Waals surface area contributed by atoms with E-state index in [1.807, 2.05) is 13.0 Å². The molecular formula is C36H55N3O5. The van der Waals surface area contributed by atoms with Crippen molar-refractivity contribution in [2.45, 2.75) is 122 Å². The highest BCUT2D eigenvalue weighted by Crippen LogP contribution is 2.47. The first-order chi connectivity index (χ1) is 21.2. The van der Waals surface area contributed by atoms with Crippen LogP contribution in [0.2, 0.25) is 0 Å². The summed E-state index contributed by atoms with van der Waals surface area (Å²) in [5.74, 6) is 7.95. The number of hydrogen-bond donors (Lipinski definition) is 4. The van der Waals surface area contributed by atoms with Gasteiger partial charge < -0.3 is 31.2 Å². The molecule has 0 aliphatic heterocycles. The second kappa shape index (κ2) is 18.1. The molecular weight excluding hydrogens is 554 g/mol. The lowest BCUT2D eigenvalue weighted by Crippen LogP contribution is -2.27. The highest BCUT2D eigenvalue weighted by molar-refractivity contribution is 5.90. The summed E-state index contributed by atoms with van der Waals surface area (Å²) < 4.78 is 12.3. The first-order valence-corrected chi connectivity index (χ1v) is 16.6. The standard InChI is InChI=1S/C36H55N3O5/c1-5-9-25(22-40)20-29(41)18-16-26-21-33(44-30-11-6-7-12-30)35(42)34-31(26)13-8-10-28(39-36(37)38)17-15-27(23-43-4)32(34)19-14-24(2)3/h20-21,24,27-28,30,32,40,42H,5-7,9-12,14-19,22-23H2,1-4H3,(H4,37,38,39)/b25-20-/t27-,28-,32-/m1/s1. The summed E-state index contributed by atoms with van der Waals surface area (Å²) in [6, 6.07) is 1.77. The maximum Gasteiger partial charge on any atom is 0.186 e. The third kappa shape index (κ3) is 10.6. The molecule has 0 heterocycles. The van der Waals surface area contributed by atoms with Crippen LogP contribution >= 0.6 is 0 Å². The number of ketones is 1. The van der Waals surface area contributed by atoms with Crippen LogP contribution in [0.1, 0.15) is 120 Å². The normalized spacial score (nSPS) is 21.0. The molecule has 2 aliphatic rings. The number of hydrogen-bond acceptors (Lipinski definition) is 6. The molecule has 244 valence electrons. The molecule has 1 aromatic rings. The van der Waals surface area contributed by atoms with Crippen LogP contribution in [0.25, 0.3) is 0 Å². The number of nitrogens with zero attached hydrogens (tertiary/aromatic N) is 1. The van der Waals surface area contributed by atoms with E-state index >= 15 is 0 Å². The number of rotatable bonds is 15. The van der Waals surface area contributed by atoms with Crippen molar-refractivity contribution in [2.75, 3.05) is 20.3 Å². The molecule has 1 fully saturated rings. The minimum absolute atomic E-state index is 0.0307. The number of aliphatic imine (C=N–C) groups is 1. The number of aliphatic hydroxyl groups is 1. The molecule has 2 aliphatic carbocycles. The minimum atomic E-state index is -0.136. The predicted octanol–water partition coefficient (Wildman–Crippen LogP) is 5.89. The number of aryl methyl sites for hydroxylation is 1. The van der Waals surface area contributed by atoms with E-state index in [0.717, 1.165) is 80.1 Å². The Balaban J connectivity index is 2.19. The number of carbonyl (C=O) groups is 1. The molecule has 0 aromatic heterocycles. The number of benzene rings is 1. The number of carbonyl (C=O) groups excluding carboxylic acids is 1. The van der Waals surface area contributed by atoms with Gasteiger partial charge in [-0.2, -0.15) is 0 Å². The van der Waals surface area contributed by atoms with Gasteiger partial charge >= 0.3 is 0 Å². The molecule has 0 unspecified atom stereocenters. The van der Waals surface area contributed by atoms with E-state index in [1.165, 1.54) is 0 Å². The number of allylic oxidation sites excluding steroid dienone is 1. The molecule has 0 amide bonds. The molecule has 6 N–H and O–H groups in total. The van der Waals surface area contributed by atoms with E-state index in [1.54, 1.807) is 13.2 Å². The highest BCUT2D eigenvalue weighted by Gasteiger charge is 2.33. The number of phenolic OH excluding ortho intramolecular Hbond substituents is 1. The Hall–Kier alpha value is -3.02. The molecule has 0 saturated heterocycles. The van der Waals surface area contributed by atoms with Crippen molar-refractivity contribution < 1.29 is 24.5 Å². The lowest BCUT2D eigenvalue weighted by molar-refractivity contribution is -0.114. The zero-order chi connectivity index (χ0) is 32.1. The number of ether oxygens (including phenoxy) is 2. The van der Waals surface area contributed by atoms with Gasteiger partial charge in [0, 0.05) is 37.7 Å². The Morgan fingerprint density at radius 2 is 1.93 bits per heavy atom. The molecule has 8 heteroatoms. The number of fused-ring (bicyclic) bond motifs is 1. The molecule has 44 heavy (non-hydrogen) atoms. The number of nitrogens with two attached hydrogens (primary N) is 2. The number of guanidine groups is 1. The minimum Gasteiger partial charge on any atom is -0.504 e. The van der Waals surface area contributed by atoms with Crippen molar-refractivity contribution in [1.29, 1.82) is 0 Å². The fraction of sp³-hybridized carbons (Fsp3) is 0.667. The number of methoxy groups -OCH3 is 1. The fourth-order valence-electron chi connectivity index (χ4n) is 6.61. The van der Waals surface area contributed by atoms with Crippen LogP contribution in [0.5, 0.6) is 11.5 Å². The Morgan fingerprint density at radius 3 is 2.57 bits per heavy atom. The van der Waals surface area contributed by atoms with Crippen LogP contribution in [-0.4, -0.2) is 54.4 Å². The van der Waals surface area contributed by atoms with E-state index in [0.29, 0.717) is 37.5 Å². The lowest BCUT2D eigenvalue weighted by atomic mass is 9.75. The summed E-state index contributed by atoms with van der Waals surface area (Å²) in [6.45, 7) is 6.86. The van der Waals surface area contributed by atoms with E-state index in [9.17, 15) is 15.0 Å². The van der Waals surface area contributed by atoms with Crippen molar-refractivity contribution in [3.63, 3.8) is 0 Å². The number of phenols is 1. The molecule has 3 atom stereocenters. The van der Waals surface area contributed by atoms with E-state index in [4.69, 9.17) is 20.9 Å². The average molecular weight is 610 g/mol. The first-order valence-electron chi connectivity index (χ1n) is 16.6. The van der Waals surface area contributed by atoms with Gasteiger partial charge in [-0.1, -0.05) is 45.5 Å². The Morgan fingerprint density at radius 1 is 1.18 bits per heavy atom. The molecule has 1 aromatic carbocycles. The van der Waals surface area contributed by atoms with Gasteiger partial charge in [0.15, 0.2) is 23.2 Å². The van der Waals surface area contributed by atoms with Crippen LogP contribution in [0.15, 0.2) is 22.7 Å². The maximum atomic E-state index is 13.0. The second-order valence-corrected chi connectivity index (χ2v) is 13.0. The van der Waals surface area contributed by atoms with Crippen molar-refractivity contribution in [2.24, 2.45) is 28.3 Å². The lowest BCUT2D eigenvalue weighted by Gasteiger charge is -2.32. The smallest absolute Gasteiger partial charge is 0.186 e. The monoisotopic (exact) mass is 609 g/mol. The van der Waals surface area contributed by atoms with Crippen LogP contribution in [0.4, 0.5) is 0 Å². The summed E-state index contributed by atoms with van der Waals surface area (Å²) in [5, 5.41) is 21.7. The van der Waals surface area contributed by atoms with Crippen LogP contribution in [-0.2, 0) is 16.0 Å². The van der Waals surface area contributed by atoms with Gasteiger partial charge in [-0.25, -0.2) is 4.99 Å². The quantitative estimate of drug-likeness (QED) is 0.0841. The molecule has 0 bridgehead atoms. The number of aromatic hydroxyl groups is 1. The van der Waals surface area contributed by atoms with E-state index < -0.39 is 0 Å². The van der Waals surface area contributed by atoms with Gasteiger partial charge in [0.2, 0.25) is 0 Å². The van der Waals surface area contributed by atoms with Gasteiger partial charge in [0.1, 0.15) is 0 Å². The topological polar surface area (TPSA) is 140 Å². The van der Waals surface area contributed by atoms with Crippen molar-refractivity contribution >= 4 is 11.7 Å². The summed E-state index contributed by atoms with van der Waals surface area (Å²) in [6.07, 6.45) is 12.0. The molecule has 3 rings (SSSR count). The molecule has 0 radical (unpaired) electrons. The zero-order valence-electron chi connectivity index (χ0n) is 27.4. The van der Waals surface area contributed by atoms with E-state index in [-0.39, 0.29) is 54.5 Å². The molecule has 8 nitrogen and oxygen atoms in total. The van der Waals surface area contributed by atoms with Gasteiger partial charge in [-0.3, -0.25) is 4.79 Å². The Kier molecular flexibility index (Phi) is 14.6. The zero-order valence-corrected chi connectivity index (χ0v) is 27.4. The van der Waals surface area contributed by atoms with Gasteiger partial charge in [0.25, 0.3) is 0 Å². The first kappa shape index (κ1) is 35.5. The average Bonchev–Trinajstić information content (AvgIpc) is 3.49. The van der Waals surface area contributed by atoms with Crippen molar-refractivity contribution in [3.8, 4) is 23.3 Å². The summed E-state index contributed by atoms with van der Waals surface area (Å²) in [5.41, 5.74) is 14.8. The maximum absolute atomic E-state index is 13.0. The van der Waals surface area contributed by atoms with Crippen molar-refractivity contribution in [1.82, 2.24) is 0 Å². The van der Waals surface area contributed by atoms with Gasteiger partial charge in [0.05, 0.1) is 18.8 Å². The second-order valence-electron chi connectivity index (χ2n) is 13.0. The Bertz CT molecular complexity index is 1200. The third-order valence-electron chi connectivity index (χ3n) is 8.89. The van der Waals surface area contributed by atoms with Crippen LogP contribution < -0.4 is 16.2 Å². The van der Waals surface area contributed by atoms with Crippen LogP contribution in [0.3, 0.4) is 0 Å². The van der Waals surface area contributed by atoms with Crippen molar-refractivity contribution in [3.05, 3.63) is 34.4 Å². The van der Waals surface area contributed by atoms with Gasteiger partial charge in [-0.05, 0) is 98.8 Å². The summed E-state index contributed by atoms with van der Waals surface area (Å²) in [7, 11) is 1.72. The Labute approximate surface area is 264 Å².